The maximum absolute atomic E-state index is 14.7. The first-order valence-corrected chi connectivity index (χ1v) is 45.0. The van der Waals surface area contributed by atoms with E-state index < -0.39 is 392 Å². The molecule has 0 spiro atoms. The van der Waals surface area contributed by atoms with Crippen molar-refractivity contribution in [3.8, 4) is 0 Å². The van der Waals surface area contributed by atoms with Crippen LogP contribution in [0.4, 0.5) is 0 Å². The number of carboxylic acids is 2. The molecule has 56 heteroatoms. The van der Waals surface area contributed by atoms with Crippen molar-refractivity contribution >= 4 is 65.0 Å². The first-order valence-electron chi connectivity index (χ1n) is 45.0. The van der Waals surface area contributed by atoms with Gasteiger partial charge in [0.25, 0.3) is 5.79 Å². The summed E-state index contributed by atoms with van der Waals surface area (Å²) in [5.41, 5.74) is 17.4. The highest BCUT2D eigenvalue weighted by Crippen LogP contribution is 2.41. The number of hydrogen-bond acceptors (Lipinski definition) is 46. The van der Waals surface area contributed by atoms with Gasteiger partial charge in [0.1, 0.15) is 176 Å². The van der Waals surface area contributed by atoms with E-state index in [2.05, 4.69) is 42.5 Å². The summed E-state index contributed by atoms with van der Waals surface area (Å²) in [6.45, 7) is 4.40. The van der Waals surface area contributed by atoms with Crippen molar-refractivity contribution in [1.82, 2.24) is 42.5 Å². The number of ether oxygens (including phenoxy) is 13. The van der Waals surface area contributed by atoms with Crippen LogP contribution in [0.3, 0.4) is 0 Å². The SMILES string of the molecule is CC(=O)NC1C(CC(=O)C[C@H](NC(=O)[C@H](C)NC(=O)[C@@H](NC(=O)[C@@H](N)CCCCN)C(C)C)C(=O)N[C@@H](CCCCN)C(=O)N[C@H](C(=O)O)C(C)O)OC(CO)C(OC2OC(CO)C(OC3OC(C)C(O)C(OC4OC(CO)C(O)C(O)C4OC4OC(CO)C(OC5OC(COC6(C(=O)O)CC(O)C(C)C(C(O)[C@H](O)CO)O6)C(O)C(O)C5O)C(O)C4NC(C)=O)C3O)C(O)C2NC(C)=O)C1O. The number of rotatable bonds is 49. The normalized spacial score (nSPS) is 37.3. The molecule has 0 bridgehead atoms. The first-order chi connectivity index (χ1) is 64.4. The van der Waals surface area contributed by atoms with Crippen LogP contribution in [0.2, 0.25) is 0 Å². The molecule has 7 saturated heterocycles. The number of nitrogens with two attached hydrogens (primary N) is 3. The Morgan fingerprint density at radius 2 is 0.905 bits per heavy atom. The van der Waals surface area contributed by atoms with Crippen LogP contribution >= 0.6 is 0 Å². The van der Waals surface area contributed by atoms with Gasteiger partial charge in [0.15, 0.2) is 37.5 Å². The van der Waals surface area contributed by atoms with Gasteiger partial charge in [-0.2, -0.15) is 0 Å². The van der Waals surface area contributed by atoms with Crippen LogP contribution in [0.5, 0.6) is 0 Å². The van der Waals surface area contributed by atoms with Crippen LogP contribution in [0, 0.1) is 11.8 Å². The second-order valence-corrected chi connectivity index (χ2v) is 35.5. The van der Waals surface area contributed by atoms with E-state index in [1.807, 2.05) is 0 Å². The number of carbonyl (C=O) groups is 11. The molecular weight excluding hydrogens is 1850 g/mol. The summed E-state index contributed by atoms with van der Waals surface area (Å²) in [7, 11) is 0. The quantitative estimate of drug-likeness (QED) is 0.0252. The number of carbonyl (C=O) groups excluding carboxylic acids is 9. The molecule has 35 N–H and O–H groups in total. The Labute approximate surface area is 784 Å². The summed E-state index contributed by atoms with van der Waals surface area (Å²) in [6.07, 6.45) is -66.7. The fourth-order valence-electron chi connectivity index (χ4n) is 16.7. The molecule has 7 aliphatic heterocycles. The second kappa shape index (κ2) is 53.3. The van der Waals surface area contributed by atoms with Gasteiger partial charge < -0.3 is 229 Å². The summed E-state index contributed by atoms with van der Waals surface area (Å²) in [6, 6.07) is -15.2. The molecule has 7 heterocycles. The molecule has 0 radical (unpaired) electrons. The van der Waals surface area contributed by atoms with Crippen molar-refractivity contribution in [3.63, 3.8) is 0 Å². The number of carboxylic acid groups (broad SMARTS) is 2. The van der Waals surface area contributed by atoms with Gasteiger partial charge in [-0.05, 0) is 71.9 Å². The summed E-state index contributed by atoms with van der Waals surface area (Å²) < 4.78 is 77.6. The molecule has 43 atom stereocenters. The number of nitrogens with one attached hydrogen (secondary N) is 8. The molecule has 56 nitrogen and oxygen atoms in total. The lowest BCUT2D eigenvalue weighted by Crippen LogP contribution is -2.70. The highest BCUT2D eigenvalue weighted by Gasteiger charge is 2.61. The van der Waals surface area contributed by atoms with E-state index in [0.29, 0.717) is 19.4 Å². The topological polar surface area (TPSA) is 907 Å². The Bertz CT molecular complexity index is 3900. The number of aliphatic carboxylic acids is 2. The maximum atomic E-state index is 14.7. The minimum absolute atomic E-state index is 0.0832. The Kier molecular flexibility index (Phi) is 45.5. The zero-order valence-electron chi connectivity index (χ0n) is 76.8. The maximum Gasteiger partial charge on any atom is 0.364 e. The Hall–Kier alpha value is -7.03. The number of amides is 8. The molecule has 137 heavy (non-hydrogen) atoms. The van der Waals surface area contributed by atoms with Crippen LogP contribution in [0.15, 0.2) is 0 Å². The van der Waals surface area contributed by atoms with Gasteiger partial charge in [0.05, 0.1) is 82.2 Å². The molecule has 0 aromatic heterocycles. The van der Waals surface area contributed by atoms with Crippen LogP contribution in [0.25, 0.3) is 0 Å². The lowest BCUT2D eigenvalue weighted by atomic mass is 9.84. The van der Waals surface area contributed by atoms with Crippen molar-refractivity contribution in [2.24, 2.45) is 29.0 Å². The summed E-state index contributed by atoms with van der Waals surface area (Å²) >= 11 is 0. The smallest absolute Gasteiger partial charge is 0.364 e. The average molecular weight is 1990 g/mol. The molecular formula is C81H139N11O45. The van der Waals surface area contributed by atoms with Crippen molar-refractivity contribution in [2.75, 3.05) is 52.7 Å². The Balaban J connectivity index is 1.10. The van der Waals surface area contributed by atoms with Crippen molar-refractivity contribution < 1.29 is 222 Å². The number of ketones is 1. The fraction of sp³-hybridized carbons (Fsp3) is 0.864. The Morgan fingerprint density at radius 1 is 0.445 bits per heavy atom. The van der Waals surface area contributed by atoms with Gasteiger partial charge in [-0.1, -0.05) is 27.2 Å². The van der Waals surface area contributed by atoms with E-state index in [-0.39, 0.29) is 32.2 Å². The van der Waals surface area contributed by atoms with Crippen LogP contribution in [0.1, 0.15) is 120 Å². The van der Waals surface area contributed by atoms with Gasteiger partial charge >= 0.3 is 11.9 Å². The molecule has 0 aromatic carbocycles. The summed E-state index contributed by atoms with van der Waals surface area (Å²) in [4.78, 5) is 149. The van der Waals surface area contributed by atoms with E-state index >= 15 is 0 Å². The standard InChI is InChI=1S/C81H139N11O45/c1-27(2)47(91-70(117)36(84)14-10-12-16-82)73(120)85-29(4)69(116)90-38(72(119)89-37(15-11-13-17-83)71(118)92-48(30(5)98)74(121)122)18-35(102)19-41-49(86-32(7)99)56(109)64(43(23-95)127-41)132-75-50(87-33(8)100)57(110)66(45(25-97)129-75)134-78-62(115)67(52(105)31(6)126-78)135-79-68(60(113)54(107)42(22-94)128-79)136-76-51(88-34(9)101)58(111)65(44(24-96)130-76)133-77-61(114)59(112)55(108)46(131-77)26-125-81(80(123)124)20-39(103)28(3)63(137-81)53(106)40(104)21-93/h27-31,36-68,75-79,93-98,103-115H,10-26,82-84H2,1-9H3,(H,85,120)(H,86,99)(H,87,100)(H,88,101)(H,89,119)(H,90,116)(H,91,117)(H,92,118)(H,121,122)(H,123,124)/t28?,29-,30?,31?,36-,37-,38-,39?,40+,41?,42?,43?,44?,45?,46?,47-,48-,49?,50?,51?,52?,53?,54?,55?,56?,57?,58?,59?,60?,61?,62?,63?,64?,65?,66?,67?,68?,75?,76?,77?,78?,79?,81?/m0/s1. The number of aliphatic hydroxyl groups is 19. The molecule has 0 aromatic rings. The molecule has 0 saturated carbocycles. The van der Waals surface area contributed by atoms with Crippen LogP contribution < -0.4 is 59.7 Å². The predicted molar refractivity (Wildman–Crippen MR) is 451 cm³/mol. The lowest BCUT2D eigenvalue weighted by Gasteiger charge is -2.51. The van der Waals surface area contributed by atoms with E-state index in [1.54, 1.807) is 13.8 Å². The third-order valence-corrected chi connectivity index (χ3v) is 24.6. The monoisotopic (exact) mass is 1990 g/mol. The third kappa shape index (κ3) is 30.1. The van der Waals surface area contributed by atoms with Gasteiger partial charge in [-0.15, -0.1) is 0 Å². The second-order valence-electron chi connectivity index (χ2n) is 35.5. The average Bonchev–Trinajstić information content (AvgIpc) is 0.768. The zero-order valence-corrected chi connectivity index (χ0v) is 76.8. The molecule has 8 amide bonds. The number of unbranched alkanes of at least 4 members (excludes halogenated alkanes) is 2. The van der Waals surface area contributed by atoms with E-state index in [9.17, 15) is 160 Å². The van der Waals surface area contributed by atoms with Crippen molar-refractivity contribution in [1.29, 1.82) is 0 Å². The van der Waals surface area contributed by atoms with Gasteiger partial charge in [0.2, 0.25) is 47.3 Å². The van der Waals surface area contributed by atoms with Gasteiger partial charge in [0, 0.05) is 46.0 Å². The van der Waals surface area contributed by atoms with E-state index in [4.69, 9.17) is 78.8 Å². The fourth-order valence-corrected chi connectivity index (χ4v) is 16.7. The lowest BCUT2D eigenvalue weighted by molar-refractivity contribution is -0.394. The van der Waals surface area contributed by atoms with Crippen LogP contribution in [-0.4, -0.2) is 481 Å². The van der Waals surface area contributed by atoms with E-state index in [1.165, 1.54) is 20.8 Å². The van der Waals surface area contributed by atoms with Gasteiger partial charge in [-0.25, -0.2) is 9.59 Å². The summed E-state index contributed by atoms with van der Waals surface area (Å²) in [5.74, 6) is -17.2. The molecule has 0 aliphatic carbocycles. The minimum atomic E-state index is -2.90. The molecule has 7 aliphatic rings. The number of hydrogen-bond donors (Lipinski definition) is 32. The highest BCUT2D eigenvalue weighted by molar-refractivity contribution is 5.98. The van der Waals surface area contributed by atoms with E-state index in [0.717, 1.165) is 27.7 Å². The zero-order chi connectivity index (χ0) is 103. The highest BCUT2D eigenvalue weighted by atomic mass is 16.8. The Morgan fingerprint density at radius 3 is 1.41 bits per heavy atom. The molecule has 7 fully saturated rings. The van der Waals surface area contributed by atoms with Crippen LogP contribution in [-0.2, 0) is 114 Å². The molecule has 7 rings (SSSR count). The first kappa shape index (κ1) is 117. The minimum Gasteiger partial charge on any atom is -0.480 e. The largest absolute Gasteiger partial charge is 0.480 e. The summed E-state index contributed by atoms with van der Waals surface area (Å²) in [5, 5.41) is 252. The molecule has 788 valence electrons. The third-order valence-electron chi connectivity index (χ3n) is 24.6. The molecule has 36 unspecified atom stereocenters. The number of aliphatic hydroxyl groups excluding tert-OH is 19. The predicted octanol–water partition coefficient (Wildman–Crippen LogP) is -16.8. The number of Topliss-reactive ketones (excluding diaryl/α,β-unsaturated/α-hetero) is 1. The van der Waals surface area contributed by atoms with Crippen molar-refractivity contribution in [3.05, 3.63) is 0 Å². The van der Waals surface area contributed by atoms with Crippen molar-refractivity contribution in [2.45, 2.75) is 377 Å². The van der Waals surface area contributed by atoms with Gasteiger partial charge in [-0.3, -0.25) is 43.2 Å².